The molecule has 124 valence electrons. The van der Waals surface area contributed by atoms with Crippen molar-refractivity contribution < 1.29 is 9.59 Å². The van der Waals surface area contributed by atoms with E-state index in [4.69, 9.17) is 0 Å². The number of rotatable bonds is 6. The highest BCUT2D eigenvalue weighted by Gasteiger charge is 2.18. The van der Waals surface area contributed by atoms with Crippen molar-refractivity contribution in [1.29, 1.82) is 0 Å². The SMILES string of the molecule is CC(NC(=O)C=Cc1ccccc1)C(=O)N(C)Cc1ccncc1. The molecule has 0 saturated heterocycles. The summed E-state index contributed by atoms with van der Waals surface area (Å²) in [7, 11) is 1.71. The molecule has 1 unspecified atom stereocenters. The highest BCUT2D eigenvalue weighted by molar-refractivity contribution is 5.95. The Hall–Kier alpha value is -2.95. The maximum absolute atomic E-state index is 12.3. The summed E-state index contributed by atoms with van der Waals surface area (Å²) in [6.45, 7) is 2.15. The molecule has 0 saturated carbocycles. The first-order valence-electron chi connectivity index (χ1n) is 7.74. The third-order valence-corrected chi connectivity index (χ3v) is 3.50. The average Bonchev–Trinajstić information content (AvgIpc) is 2.61. The highest BCUT2D eigenvalue weighted by atomic mass is 16.2. The Morgan fingerprint density at radius 1 is 1.17 bits per heavy atom. The van der Waals surface area contributed by atoms with Crippen LogP contribution in [0.5, 0.6) is 0 Å². The van der Waals surface area contributed by atoms with Crippen molar-refractivity contribution in [1.82, 2.24) is 15.2 Å². The Balaban J connectivity index is 1.86. The standard InChI is InChI=1S/C19H21N3O2/c1-15(19(24)22(2)14-17-10-12-20-13-11-17)21-18(23)9-8-16-6-4-3-5-7-16/h3-13,15H,14H2,1-2H3,(H,21,23). The van der Waals surface area contributed by atoms with Gasteiger partial charge in [0.05, 0.1) is 0 Å². The molecule has 0 bridgehead atoms. The predicted octanol–water partition coefficient (Wildman–Crippen LogP) is 2.26. The van der Waals surface area contributed by atoms with E-state index in [1.807, 2.05) is 42.5 Å². The van der Waals surface area contributed by atoms with Gasteiger partial charge in [0.15, 0.2) is 0 Å². The lowest BCUT2D eigenvalue weighted by molar-refractivity contribution is -0.134. The quantitative estimate of drug-likeness (QED) is 0.830. The second kappa shape index (κ2) is 8.62. The Kier molecular flexibility index (Phi) is 6.25. The van der Waals surface area contributed by atoms with Crippen molar-refractivity contribution in [2.45, 2.75) is 19.5 Å². The van der Waals surface area contributed by atoms with Crippen LogP contribution in [-0.2, 0) is 16.1 Å². The summed E-state index contributed by atoms with van der Waals surface area (Å²) in [5.41, 5.74) is 1.92. The molecule has 0 aliphatic rings. The van der Waals surface area contributed by atoms with Gasteiger partial charge < -0.3 is 10.2 Å². The van der Waals surface area contributed by atoms with Gasteiger partial charge in [-0.1, -0.05) is 30.3 Å². The van der Waals surface area contributed by atoms with Gasteiger partial charge in [-0.3, -0.25) is 14.6 Å². The van der Waals surface area contributed by atoms with Crippen LogP contribution in [0.1, 0.15) is 18.1 Å². The summed E-state index contributed by atoms with van der Waals surface area (Å²) in [6, 6.07) is 12.6. The molecule has 5 heteroatoms. The number of nitrogens with one attached hydrogen (secondary N) is 1. The van der Waals surface area contributed by atoms with Gasteiger partial charge in [0.2, 0.25) is 11.8 Å². The van der Waals surface area contributed by atoms with Crippen LogP contribution in [0.3, 0.4) is 0 Å². The Morgan fingerprint density at radius 3 is 2.50 bits per heavy atom. The van der Waals surface area contributed by atoms with Crippen molar-refractivity contribution in [3.63, 3.8) is 0 Å². The first-order valence-corrected chi connectivity index (χ1v) is 7.74. The fourth-order valence-corrected chi connectivity index (χ4v) is 2.23. The summed E-state index contributed by atoms with van der Waals surface area (Å²) < 4.78 is 0. The first kappa shape index (κ1) is 17.4. The third kappa shape index (κ3) is 5.35. The molecule has 24 heavy (non-hydrogen) atoms. The Bertz CT molecular complexity index is 699. The lowest BCUT2D eigenvalue weighted by atomic mass is 10.2. The molecule has 0 fully saturated rings. The van der Waals surface area contributed by atoms with E-state index in [-0.39, 0.29) is 11.8 Å². The molecule has 5 nitrogen and oxygen atoms in total. The van der Waals surface area contributed by atoms with Crippen LogP contribution in [0.25, 0.3) is 6.08 Å². The van der Waals surface area contributed by atoms with E-state index < -0.39 is 6.04 Å². The molecule has 1 N–H and O–H groups in total. The van der Waals surface area contributed by atoms with Crippen LogP contribution in [0.4, 0.5) is 0 Å². The minimum atomic E-state index is -0.593. The Morgan fingerprint density at radius 2 is 1.83 bits per heavy atom. The van der Waals surface area contributed by atoms with Crippen molar-refractivity contribution in [3.8, 4) is 0 Å². The smallest absolute Gasteiger partial charge is 0.244 e. The average molecular weight is 323 g/mol. The third-order valence-electron chi connectivity index (χ3n) is 3.50. The number of nitrogens with zero attached hydrogens (tertiary/aromatic N) is 2. The summed E-state index contributed by atoms with van der Waals surface area (Å²) in [5, 5.41) is 2.69. The first-order chi connectivity index (χ1) is 11.6. The van der Waals surface area contributed by atoms with Gasteiger partial charge in [-0.25, -0.2) is 0 Å². The van der Waals surface area contributed by atoms with Gasteiger partial charge in [-0.05, 0) is 36.3 Å². The summed E-state index contributed by atoms with van der Waals surface area (Å²) in [4.78, 5) is 29.8. The number of carbonyl (C=O) groups excluding carboxylic acids is 2. The zero-order valence-electron chi connectivity index (χ0n) is 13.8. The van der Waals surface area contributed by atoms with Crippen LogP contribution in [0.15, 0.2) is 60.9 Å². The molecule has 0 radical (unpaired) electrons. The zero-order chi connectivity index (χ0) is 17.4. The number of benzene rings is 1. The largest absolute Gasteiger partial charge is 0.341 e. The maximum atomic E-state index is 12.3. The van der Waals surface area contributed by atoms with Gasteiger partial charge in [0.1, 0.15) is 6.04 Å². The molecule has 2 aromatic rings. The second-order valence-electron chi connectivity index (χ2n) is 5.52. The summed E-state index contributed by atoms with van der Waals surface area (Å²) in [5.74, 6) is -0.440. The van der Waals surface area contributed by atoms with Crippen LogP contribution in [-0.4, -0.2) is 34.8 Å². The van der Waals surface area contributed by atoms with Crippen molar-refractivity contribution in [2.24, 2.45) is 0 Å². The molecule has 2 amide bonds. The number of amides is 2. The highest BCUT2D eigenvalue weighted by Crippen LogP contribution is 2.04. The molecule has 0 aliphatic carbocycles. The fourth-order valence-electron chi connectivity index (χ4n) is 2.23. The lowest BCUT2D eigenvalue weighted by Gasteiger charge is -2.21. The van der Waals surface area contributed by atoms with Gasteiger partial charge in [-0.2, -0.15) is 0 Å². The number of hydrogen-bond donors (Lipinski definition) is 1. The summed E-state index contributed by atoms with van der Waals surface area (Å²) in [6.07, 6.45) is 6.52. The van der Waals surface area contributed by atoms with E-state index in [0.29, 0.717) is 6.54 Å². The molecule has 1 heterocycles. The molecule has 2 rings (SSSR count). The Labute approximate surface area is 142 Å². The van der Waals surface area contributed by atoms with Gasteiger partial charge in [-0.15, -0.1) is 0 Å². The van der Waals surface area contributed by atoms with Crippen LogP contribution in [0, 0.1) is 0 Å². The van der Waals surface area contributed by atoms with E-state index in [1.165, 1.54) is 6.08 Å². The van der Waals surface area contributed by atoms with Crippen molar-refractivity contribution in [3.05, 3.63) is 72.1 Å². The molecule has 0 spiro atoms. The van der Waals surface area contributed by atoms with Crippen LogP contribution in [0.2, 0.25) is 0 Å². The van der Waals surface area contributed by atoms with Gasteiger partial charge >= 0.3 is 0 Å². The number of aromatic nitrogens is 1. The zero-order valence-corrected chi connectivity index (χ0v) is 13.8. The monoisotopic (exact) mass is 323 g/mol. The number of hydrogen-bond acceptors (Lipinski definition) is 3. The van der Waals surface area contributed by atoms with Gasteiger partial charge in [0.25, 0.3) is 0 Å². The number of likely N-dealkylation sites (N-methyl/N-ethyl adjacent to an activating group) is 1. The predicted molar refractivity (Wildman–Crippen MR) is 93.8 cm³/mol. The minimum absolute atomic E-state index is 0.145. The normalized spacial score (nSPS) is 11.9. The van der Waals surface area contributed by atoms with E-state index >= 15 is 0 Å². The van der Waals surface area contributed by atoms with Crippen molar-refractivity contribution >= 4 is 17.9 Å². The summed E-state index contributed by atoms with van der Waals surface area (Å²) >= 11 is 0. The van der Waals surface area contributed by atoms with Crippen LogP contribution >= 0.6 is 0 Å². The molecule has 1 aromatic heterocycles. The van der Waals surface area contributed by atoms with E-state index in [2.05, 4.69) is 10.3 Å². The topological polar surface area (TPSA) is 62.3 Å². The maximum Gasteiger partial charge on any atom is 0.244 e. The van der Waals surface area contributed by atoms with E-state index in [9.17, 15) is 9.59 Å². The molecule has 1 aromatic carbocycles. The second-order valence-corrected chi connectivity index (χ2v) is 5.52. The molecular weight excluding hydrogens is 302 g/mol. The van der Waals surface area contributed by atoms with Crippen molar-refractivity contribution in [2.75, 3.05) is 7.05 Å². The van der Waals surface area contributed by atoms with E-state index in [1.54, 1.807) is 37.3 Å². The number of pyridine rings is 1. The minimum Gasteiger partial charge on any atom is -0.341 e. The molecule has 0 aliphatic heterocycles. The molecular formula is C19H21N3O2. The van der Waals surface area contributed by atoms with E-state index in [0.717, 1.165) is 11.1 Å². The fraction of sp³-hybridized carbons (Fsp3) is 0.211. The van der Waals surface area contributed by atoms with Gasteiger partial charge in [0, 0.05) is 32.1 Å². The van der Waals surface area contributed by atoms with Crippen LogP contribution < -0.4 is 5.32 Å². The molecule has 1 atom stereocenters. The lowest BCUT2D eigenvalue weighted by Crippen LogP contribution is -2.44. The number of carbonyl (C=O) groups is 2.